The summed E-state index contributed by atoms with van der Waals surface area (Å²) in [4.78, 5) is 10.3. The van der Waals surface area contributed by atoms with E-state index in [0.717, 1.165) is 24.9 Å². The minimum absolute atomic E-state index is 0.229. The van der Waals surface area contributed by atoms with Crippen LogP contribution in [0.25, 0.3) is 0 Å². The Labute approximate surface area is 102 Å². The first-order valence-corrected chi connectivity index (χ1v) is 6.53. The highest BCUT2D eigenvalue weighted by atomic mass is 32.2. The number of hydrogen-bond donors (Lipinski definition) is 4. The number of nitrogens with one attached hydrogen (secondary N) is 3. The smallest absolute Gasteiger partial charge is 0.322 e. The summed E-state index contributed by atoms with van der Waals surface area (Å²) in [5.41, 5.74) is 4.87. The van der Waals surface area contributed by atoms with Crippen molar-refractivity contribution in [1.82, 2.24) is 10.0 Å². The van der Waals surface area contributed by atoms with Crippen molar-refractivity contribution in [3.63, 3.8) is 0 Å². The minimum atomic E-state index is -0.629. The molecule has 0 aliphatic carbocycles. The fourth-order valence-electron chi connectivity index (χ4n) is 1.24. The zero-order chi connectivity index (χ0) is 12.2. The first kappa shape index (κ1) is 15.1. The third-order valence-corrected chi connectivity index (χ3v) is 2.72. The van der Waals surface area contributed by atoms with Gasteiger partial charge in [0.15, 0.2) is 5.17 Å². The van der Waals surface area contributed by atoms with Crippen molar-refractivity contribution in [2.75, 3.05) is 6.54 Å². The van der Waals surface area contributed by atoms with Crippen LogP contribution in [0, 0.1) is 5.41 Å². The summed E-state index contributed by atoms with van der Waals surface area (Å²) in [6, 6.07) is -0.629. The Kier molecular flexibility index (Phi) is 10.00. The van der Waals surface area contributed by atoms with Crippen molar-refractivity contribution < 1.29 is 4.79 Å². The lowest BCUT2D eigenvalue weighted by atomic mass is 10.1. The molecule has 0 aliphatic heterocycles. The summed E-state index contributed by atoms with van der Waals surface area (Å²) < 4.78 is 2.28. The fraction of sp³-hybridized carbons (Fsp3) is 0.800. The van der Waals surface area contributed by atoms with Crippen LogP contribution in [0.5, 0.6) is 0 Å². The molecule has 0 heterocycles. The first-order chi connectivity index (χ1) is 7.66. The molecule has 0 spiro atoms. The van der Waals surface area contributed by atoms with Crippen LogP contribution in [0.4, 0.5) is 4.79 Å². The largest absolute Gasteiger partial charge is 0.364 e. The summed E-state index contributed by atoms with van der Waals surface area (Å²) in [5, 5.41) is 10.5. The molecule has 16 heavy (non-hydrogen) atoms. The second-order valence-electron chi connectivity index (χ2n) is 3.59. The van der Waals surface area contributed by atoms with Crippen LogP contribution in [0.3, 0.4) is 0 Å². The van der Waals surface area contributed by atoms with E-state index in [4.69, 9.17) is 11.1 Å². The van der Waals surface area contributed by atoms with E-state index in [1.807, 2.05) is 0 Å². The van der Waals surface area contributed by atoms with Gasteiger partial charge in [-0.2, -0.15) is 0 Å². The summed E-state index contributed by atoms with van der Waals surface area (Å²) in [5.74, 6) is 0. The van der Waals surface area contributed by atoms with Gasteiger partial charge in [-0.05, 0) is 6.42 Å². The molecule has 2 amide bonds. The number of carbonyl (C=O) groups excluding carboxylic acids is 1. The number of primary amides is 1. The second-order valence-corrected chi connectivity index (χ2v) is 4.41. The lowest BCUT2D eigenvalue weighted by Crippen LogP contribution is -2.29. The predicted octanol–water partition coefficient (Wildman–Crippen LogP) is 2.19. The number of unbranched alkanes of at least 4 members (excludes halogenated alkanes) is 5. The lowest BCUT2D eigenvalue weighted by molar-refractivity contribution is 0.254. The summed E-state index contributed by atoms with van der Waals surface area (Å²) in [6.45, 7) is 2.98. The Morgan fingerprint density at radius 2 is 1.88 bits per heavy atom. The number of rotatable bonds is 7. The van der Waals surface area contributed by atoms with Gasteiger partial charge in [-0.25, -0.2) is 4.79 Å². The maximum absolute atomic E-state index is 10.3. The van der Waals surface area contributed by atoms with Crippen LogP contribution >= 0.6 is 11.9 Å². The highest BCUT2D eigenvalue weighted by Gasteiger charge is 1.98. The van der Waals surface area contributed by atoms with Crippen molar-refractivity contribution in [2.24, 2.45) is 5.73 Å². The van der Waals surface area contributed by atoms with E-state index in [1.165, 1.54) is 32.1 Å². The van der Waals surface area contributed by atoms with E-state index < -0.39 is 6.03 Å². The monoisotopic (exact) mass is 246 g/mol. The molecule has 0 aliphatic rings. The number of nitrogens with two attached hydrogens (primary N) is 1. The molecule has 0 aromatic rings. The predicted molar refractivity (Wildman–Crippen MR) is 69.4 cm³/mol. The van der Waals surface area contributed by atoms with Crippen molar-refractivity contribution in [3.05, 3.63) is 0 Å². The Morgan fingerprint density at radius 3 is 2.50 bits per heavy atom. The summed E-state index contributed by atoms with van der Waals surface area (Å²) in [7, 11) is 0. The number of urea groups is 1. The molecule has 6 heteroatoms. The molecule has 0 radical (unpaired) electrons. The van der Waals surface area contributed by atoms with Gasteiger partial charge in [0, 0.05) is 18.5 Å². The first-order valence-electron chi connectivity index (χ1n) is 5.71. The highest BCUT2D eigenvalue weighted by Crippen LogP contribution is 2.04. The quantitative estimate of drug-likeness (QED) is 0.240. The molecule has 0 fully saturated rings. The second kappa shape index (κ2) is 10.6. The van der Waals surface area contributed by atoms with Crippen LogP contribution in [-0.4, -0.2) is 17.7 Å². The zero-order valence-corrected chi connectivity index (χ0v) is 10.7. The Balaban J connectivity index is 3.18. The van der Waals surface area contributed by atoms with Crippen LogP contribution in [0.15, 0.2) is 0 Å². The van der Waals surface area contributed by atoms with Gasteiger partial charge in [0.2, 0.25) is 0 Å². The van der Waals surface area contributed by atoms with Gasteiger partial charge in [0.05, 0.1) is 0 Å². The molecule has 5 nitrogen and oxygen atoms in total. The molecule has 94 valence electrons. The molecule has 0 atom stereocenters. The molecule has 0 rings (SSSR count). The van der Waals surface area contributed by atoms with Gasteiger partial charge in [-0.1, -0.05) is 39.0 Å². The molecule has 0 saturated carbocycles. The third kappa shape index (κ3) is 11.2. The van der Waals surface area contributed by atoms with Gasteiger partial charge in [-0.15, -0.1) is 0 Å². The highest BCUT2D eigenvalue weighted by molar-refractivity contribution is 8.12. The molecule has 0 aromatic heterocycles. The minimum Gasteiger partial charge on any atom is -0.364 e. The van der Waals surface area contributed by atoms with Crippen molar-refractivity contribution in [2.45, 2.75) is 45.4 Å². The van der Waals surface area contributed by atoms with Crippen LogP contribution < -0.4 is 15.8 Å². The Bertz CT molecular complexity index is 211. The molecule has 0 bridgehead atoms. The summed E-state index contributed by atoms with van der Waals surface area (Å²) >= 11 is 0.904. The lowest BCUT2D eigenvalue weighted by Gasteiger charge is -2.06. The van der Waals surface area contributed by atoms with Gasteiger partial charge in [-0.3, -0.25) is 10.1 Å². The Hall–Kier alpha value is -0.910. The topological polar surface area (TPSA) is 91.0 Å². The fourth-order valence-corrected chi connectivity index (χ4v) is 1.62. The molecule has 0 aromatic carbocycles. The number of hydrogen-bond acceptors (Lipinski definition) is 3. The zero-order valence-electron chi connectivity index (χ0n) is 9.84. The standard InChI is InChI=1S/C10H22N4OS/c1-2-3-4-5-6-7-8-13-10(12)16-14-9(11)15/h2-8H2,1H3,(H2,12,13)(H3,11,14,15). The van der Waals surface area contributed by atoms with Crippen molar-refractivity contribution >= 4 is 23.1 Å². The van der Waals surface area contributed by atoms with Crippen LogP contribution in [-0.2, 0) is 0 Å². The number of carbonyl (C=O) groups is 1. The van der Waals surface area contributed by atoms with E-state index in [2.05, 4.69) is 17.0 Å². The van der Waals surface area contributed by atoms with Gasteiger partial charge in [0.25, 0.3) is 0 Å². The van der Waals surface area contributed by atoms with Gasteiger partial charge < -0.3 is 11.1 Å². The summed E-state index contributed by atoms with van der Waals surface area (Å²) in [6.07, 6.45) is 7.37. The normalized spacial score (nSPS) is 9.81. The van der Waals surface area contributed by atoms with E-state index >= 15 is 0 Å². The van der Waals surface area contributed by atoms with E-state index in [9.17, 15) is 4.79 Å². The number of amides is 2. The maximum atomic E-state index is 10.3. The van der Waals surface area contributed by atoms with E-state index in [-0.39, 0.29) is 5.17 Å². The molecular formula is C10H22N4OS. The van der Waals surface area contributed by atoms with E-state index in [0.29, 0.717) is 0 Å². The van der Waals surface area contributed by atoms with Crippen LogP contribution in [0.1, 0.15) is 45.4 Å². The average molecular weight is 246 g/mol. The van der Waals surface area contributed by atoms with Crippen molar-refractivity contribution in [3.8, 4) is 0 Å². The van der Waals surface area contributed by atoms with Gasteiger partial charge in [0.1, 0.15) is 0 Å². The average Bonchev–Trinajstić information content (AvgIpc) is 2.25. The Morgan fingerprint density at radius 1 is 1.25 bits per heavy atom. The van der Waals surface area contributed by atoms with E-state index in [1.54, 1.807) is 0 Å². The SMILES string of the molecule is CCCCCCCCNC(=N)SNC(N)=O. The van der Waals surface area contributed by atoms with Crippen molar-refractivity contribution in [1.29, 1.82) is 5.41 Å². The molecule has 5 N–H and O–H groups in total. The van der Waals surface area contributed by atoms with Gasteiger partial charge >= 0.3 is 6.03 Å². The third-order valence-electron chi connectivity index (χ3n) is 2.07. The number of amidine groups is 1. The molecule has 0 saturated heterocycles. The van der Waals surface area contributed by atoms with Crippen LogP contribution in [0.2, 0.25) is 0 Å². The molecular weight excluding hydrogens is 224 g/mol. The maximum Gasteiger partial charge on any atom is 0.322 e. The molecule has 0 unspecified atom stereocenters.